The van der Waals surface area contributed by atoms with Crippen molar-refractivity contribution in [1.82, 2.24) is 0 Å². The minimum atomic E-state index is -0.581. The van der Waals surface area contributed by atoms with Crippen LogP contribution in [-0.4, -0.2) is 10.8 Å². The Kier molecular flexibility index (Phi) is 5.66. The third-order valence-corrected chi connectivity index (χ3v) is 3.42. The van der Waals surface area contributed by atoms with Crippen LogP contribution in [0.25, 0.3) is 6.08 Å². The van der Waals surface area contributed by atoms with Crippen LogP contribution in [0.4, 0.5) is 11.4 Å². The molecule has 1 amide bonds. The topological polar surface area (TPSA) is 96.0 Å². The van der Waals surface area contributed by atoms with Gasteiger partial charge in [0.1, 0.15) is 5.02 Å². The Morgan fingerprint density at radius 3 is 2.62 bits per heavy atom. The van der Waals surface area contributed by atoms with Gasteiger partial charge in [-0.2, -0.15) is 5.26 Å². The van der Waals surface area contributed by atoms with Crippen molar-refractivity contribution in [2.24, 2.45) is 0 Å². The molecule has 0 bridgehead atoms. The molecule has 0 saturated heterocycles. The van der Waals surface area contributed by atoms with Crippen LogP contribution in [0.5, 0.6) is 0 Å². The van der Waals surface area contributed by atoms with Crippen LogP contribution < -0.4 is 5.32 Å². The summed E-state index contributed by atoms with van der Waals surface area (Å²) in [5.74, 6) is -0.374. The summed E-state index contributed by atoms with van der Waals surface area (Å²) in [6, 6.07) is 13.2. The van der Waals surface area contributed by atoms with Gasteiger partial charge in [-0.1, -0.05) is 29.8 Å². The first-order valence-corrected chi connectivity index (χ1v) is 7.26. The van der Waals surface area contributed by atoms with Crippen LogP contribution in [0.3, 0.4) is 0 Å². The number of hydrogen-bond acceptors (Lipinski definition) is 4. The number of carbonyl (C=O) groups is 1. The van der Waals surface area contributed by atoms with Gasteiger partial charge >= 0.3 is 0 Å². The summed E-state index contributed by atoms with van der Waals surface area (Å²) >= 11 is 5.73. The van der Waals surface area contributed by atoms with Gasteiger partial charge in [0.05, 0.1) is 17.4 Å². The molecule has 0 atom stereocenters. The minimum absolute atomic E-state index is 0.0408. The van der Waals surface area contributed by atoms with E-state index < -0.39 is 4.92 Å². The van der Waals surface area contributed by atoms with Gasteiger partial charge in [-0.3, -0.25) is 14.9 Å². The lowest BCUT2D eigenvalue weighted by Crippen LogP contribution is -2.07. The number of hydrogen-bond donors (Lipinski definition) is 1. The van der Waals surface area contributed by atoms with E-state index in [-0.39, 0.29) is 16.6 Å². The molecule has 0 aromatic heterocycles. The summed E-state index contributed by atoms with van der Waals surface area (Å²) in [6.07, 6.45) is 3.04. The molecule has 2 aromatic carbocycles. The highest BCUT2D eigenvalue weighted by Crippen LogP contribution is 2.25. The molecular formula is C17H12ClN3O3. The van der Waals surface area contributed by atoms with E-state index >= 15 is 0 Å². The predicted molar refractivity (Wildman–Crippen MR) is 91.5 cm³/mol. The van der Waals surface area contributed by atoms with Gasteiger partial charge in [-0.05, 0) is 35.4 Å². The summed E-state index contributed by atoms with van der Waals surface area (Å²) in [4.78, 5) is 22.1. The van der Waals surface area contributed by atoms with Crippen LogP contribution in [0.1, 0.15) is 11.1 Å². The molecule has 0 fully saturated rings. The first-order valence-electron chi connectivity index (χ1n) is 6.88. The van der Waals surface area contributed by atoms with E-state index in [9.17, 15) is 14.9 Å². The van der Waals surface area contributed by atoms with Crippen molar-refractivity contribution in [3.05, 3.63) is 74.8 Å². The Morgan fingerprint density at radius 2 is 2.00 bits per heavy atom. The average molecular weight is 342 g/mol. The fourth-order valence-electron chi connectivity index (χ4n) is 1.93. The number of nitro groups is 1. The predicted octanol–water partition coefficient (Wildman–Crippen LogP) is 3.97. The summed E-state index contributed by atoms with van der Waals surface area (Å²) in [7, 11) is 0. The van der Waals surface area contributed by atoms with Crippen molar-refractivity contribution in [3.63, 3.8) is 0 Å². The van der Waals surface area contributed by atoms with Crippen molar-refractivity contribution in [3.8, 4) is 6.07 Å². The summed E-state index contributed by atoms with van der Waals surface area (Å²) in [5, 5.41) is 22.1. The van der Waals surface area contributed by atoms with E-state index in [1.807, 2.05) is 6.07 Å². The van der Waals surface area contributed by atoms with Gasteiger partial charge in [0.25, 0.3) is 5.69 Å². The Bertz CT molecular complexity index is 839. The number of nitrogens with zero attached hydrogens (tertiary/aromatic N) is 2. The molecule has 0 aliphatic heterocycles. The SMILES string of the molecule is N#CCc1ccc(NC(=O)/C=C/c2ccc(Cl)c([N+](=O)[O-])c2)cc1. The molecule has 0 aliphatic carbocycles. The smallest absolute Gasteiger partial charge is 0.288 e. The highest BCUT2D eigenvalue weighted by atomic mass is 35.5. The van der Waals surface area contributed by atoms with Crippen LogP contribution in [-0.2, 0) is 11.2 Å². The molecule has 2 rings (SSSR count). The fourth-order valence-corrected chi connectivity index (χ4v) is 2.11. The summed E-state index contributed by atoms with van der Waals surface area (Å²) in [6.45, 7) is 0. The number of benzene rings is 2. The van der Waals surface area contributed by atoms with E-state index in [0.717, 1.165) is 5.56 Å². The molecule has 6 nitrogen and oxygen atoms in total. The molecule has 7 heteroatoms. The Morgan fingerprint density at radius 1 is 1.29 bits per heavy atom. The van der Waals surface area contributed by atoms with E-state index in [4.69, 9.17) is 16.9 Å². The number of anilines is 1. The molecule has 2 aromatic rings. The standard InChI is InChI=1S/C17H12ClN3O3/c18-15-7-3-13(11-16(15)21(23)24)4-8-17(22)20-14-5-1-12(2-6-14)9-10-19/h1-8,11H,9H2,(H,20,22)/b8-4+. The summed E-state index contributed by atoms with van der Waals surface area (Å²) in [5.41, 5.74) is 1.73. The van der Waals surface area contributed by atoms with E-state index in [2.05, 4.69) is 5.32 Å². The number of nitro benzene ring substituents is 1. The second-order valence-electron chi connectivity index (χ2n) is 4.82. The zero-order valence-corrected chi connectivity index (χ0v) is 13.2. The van der Waals surface area contributed by atoms with Crippen LogP contribution in [0.15, 0.2) is 48.5 Å². The number of halogens is 1. The number of carbonyl (C=O) groups excluding carboxylic acids is 1. The van der Waals surface area contributed by atoms with Crippen LogP contribution >= 0.6 is 11.6 Å². The van der Waals surface area contributed by atoms with Gasteiger partial charge in [0.2, 0.25) is 5.91 Å². The number of rotatable bonds is 5. The van der Waals surface area contributed by atoms with Gasteiger partial charge in [0, 0.05) is 17.8 Å². The molecule has 120 valence electrons. The van der Waals surface area contributed by atoms with Gasteiger partial charge < -0.3 is 5.32 Å². The summed E-state index contributed by atoms with van der Waals surface area (Å²) < 4.78 is 0. The molecule has 0 unspecified atom stereocenters. The fraction of sp³-hybridized carbons (Fsp3) is 0.0588. The molecule has 0 heterocycles. The third kappa shape index (κ3) is 4.66. The average Bonchev–Trinajstić information content (AvgIpc) is 2.56. The monoisotopic (exact) mass is 341 g/mol. The molecule has 0 aliphatic rings. The van der Waals surface area contributed by atoms with Crippen molar-refractivity contribution < 1.29 is 9.72 Å². The zero-order valence-electron chi connectivity index (χ0n) is 12.4. The lowest BCUT2D eigenvalue weighted by Gasteiger charge is -2.03. The maximum Gasteiger partial charge on any atom is 0.288 e. The Hall–Kier alpha value is -3.17. The molecule has 24 heavy (non-hydrogen) atoms. The first-order chi connectivity index (χ1) is 11.5. The highest BCUT2D eigenvalue weighted by Gasteiger charge is 2.11. The van der Waals surface area contributed by atoms with Crippen molar-refractivity contribution in [2.75, 3.05) is 5.32 Å². The first kappa shape index (κ1) is 17.2. The van der Waals surface area contributed by atoms with Gasteiger partial charge in [0.15, 0.2) is 0 Å². The quantitative estimate of drug-likeness (QED) is 0.505. The molecule has 0 spiro atoms. The Balaban J connectivity index is 2.04. The molecular weight excluding hydrogens is 330 g/mol. The molecule has 1 N–H and O–H groups in total. The van der Waals surface area contributed by atoms with Gasteiger partial charge in [-0.25, -0.2) is 0 Å². The van der Waals surface area contributed by atoms with Crippen LogP contribution in [0, 0.1) is 21.4 Å². The van der Waals surface area contributed by atoms with E-state index in [0.29, 0.717) is 17.7 Å². The number of nitriles is 1. The van der Waals surface area contributed by atoms with Crippen molar-refractivity contribution >= 4 is 35.0 Å². The second kappa shape index (κ2) is 7.90. The van der Waals surface area contributed by atoms with Gasteiger partial charge in [-0.15, -0.1) is 0 Å². The second-order valence-corrected chi connectivity index (χ2v) is 5.23. The zero-order chi connectivity index (χ0) is 17.5. The molecule has 0 radical (unpaired) electrons. The molecule has 0 saturated carbocycles. The number of amides is 1. The lowest BCUT2D eigenvalue weighted by atomic mass is 10.1. The van der Waals surface area contributed by atoms with E-state index in [1.165, 1.54) is 24.3 Å². The van der Waals surface area contributed by atoms with E-state index in [1.54, 1.807) is 30.3 Å². The third-order valence-electron chi connectivity index (χ3n) is 3.10. The van der Waals surface area contributed by atoms with Crippen LogP contribution in [0.2, 0.25) is 5.02 Å². The largest absolute Gasteiger partial charge is 0.323 e. The maximum absolute atomic E-state index is 11.9. The maximum atomic E-state index is 11.9. The Labute approximate surface area is 143 Å². The number of nitrogens with one attached hydrogen (secondary N) is 1. The minimum Gasteiger partial charge on any atom is -0.323 e. The van der Waals surface area contributed by atoms with Crippen molar-refractivity contribution in [2.45, 2.75) is 6.42 Å². The normalized spacial score (nSPS) is 10.3. The van der Waals surface area contributed by atoms with Crippen molar-refractivity contribution in [1.29, 1.82) is 5.26 Å². The highest BCUT2D eigenvalue weighted by molar-refractivity contribution is 6.32. The lowest BCUT2D eigenvalue weighted by molar-refractivity contribution is -0.384.